The fourth-order valence-electron chi connectivity index (χ4n) is 1.90. The van der Waals surface area contributed by atoms with Crippen LogP contribution in [-0.2, 0) is 9.53 Å². The molecule has 3 N–H and O–H groups in total. The number of rotatable bonds is 6. The summed E-state index contributed by atoms with van der Waals surface area (Å²) in [5.74, 6) is -0.255. The van der Waals surface area contributed by atoms with Gasteiger partial charge in [-0.2, -0.15) is 5.26 Å². The molecule has 0 bridgehead atoms. The Morgan fingerprint density at radius 1 is 1.41 bits per heavy atom. The van der Waals surface area contributed by atoms with Gasteiger partial charge in [-0.25, -0.2) is 4.79 Å². The van der Waals surface area contributed by atoms with Crippen LogP contribution < -0.4 is 15.8 Å². The summed E-state index contributed by atoms with van der Waals surface area (Å²) in [5.41, 5.74) is 4.85. The van der Waals surface area contributed by atoms with Crippen molar-refractivity contribution in [2.24, 2.45) is 5.73 Å². The van der Waals surface area contributed by atoms with Gasteiger partial charge in [0.2, 0.25) is 0 Å². The van der Waals surface area contributed by atoms with Gasteiger partial charge in [-0.3, -0.25) is 9.69 Å². The van der Waals surface area contributed by atoms with Crippen LogP contribution in [0, 0.1) is 11.3 Å². The molecule has 0 radical (unpaired) electrons. The smallest absolute Gasteiger partial charge is 0.414 e. The third-order valence-corrected chi connectivity index (χ3v) is 3.35. The van der Waals surface area contributed by atoms with Gasteiger partial charge < -0.3 is 20.5 Å². The van der Waals surface area contributed by atoms with Gasteiger partial charge in [0.15, 0.2) is 0 Å². The molecule has 27 heavy (non-hydrogen) atoms. The molecule has 0 aliphatic carbocycles. The molecule has 0 aliphatic heterocycles. The largest absolute Gasteiger partial charge is 0.495 e. The second-order valence-electron chi connectivity index (χ2n) is 6.42. The number of carbonyl (C=O) groups excluding carboxylic acids is 2. The normalized spacial score (nSPS) is 11.4. The summed E-state index contributed by atoms with van der Waals surface area (Å²) in [6.07, 6.45) is 0.405. The average Bonchev–Trinajstić information content (AvgIpc) is 2.57. The molecule has 0 aromatic heterocycles. The molecule has 0 heterocycles. The minimum absolute atomic E-state index is 0.0851. The average molecular weight is 395 g/mol. The van der Waals surface area contributed by atoms with Crippen molar-refractivity contribution in [1.29, 1.82) is 5.26 Å². The van der Waals surface area contributed by atoms with E-state index in [1.54, 1.807) is 39.0 Å². The first kappa shape index (κ1) is 22.3. The van der Waals surface area contributed by atoms with E-state index in [1.807, 2.05) is 0 Å². The lowest BCUT2D eigenvalue weighted by Crippen LogP contribution is -2.37. The second-order valence-corrected chi connectivity index (χ2v) is 6.83. The van der Waals surface area contributed by atoms with Crippen molar-refractivity contribution >= 4 is 29.3 Å². The van der Waals surface area contributed by atoms with Crippen molar-refractivity contribution < 1.29 is 19.1 Å². The molecule has 0 spiro atoms. The SMILES string of the molecule is COc1ccc(NC(=O)/C(C#N)=C\N(CCN)C(=O)OC(C)(C)C)cc1Cl. The maximum Gasteiger partial charge on any atom is 0.414 e. The van der Waals surface area contributed by atoms with Crippen molar-refractivity contribution in [1.82, 2.24) is 4.90 Å². The third kappa shape index (κ3) is 7.17. The van der Waals surface area contributed by atoms with Crippen LogP contribution in [0.1, 0.15) is 20.8 Å². The van der Waals surface area contributed by atoms with E-state index in [4.69, 9.17) is 26.8 Å². The number of anilines is 1. The molecule has 0 unspecified atom stereocenters. The summed E-state index contributed by atoms with van der Waals surface area (Å²) in [6.45, 7) is 5.34. The molecule has 146 valence electrons. The number of nitrogens with two attached hydrogens (primary N) is 1. The Labute approximate surface area is 163 Å². The minimum atomic E-state index is -0.729. The standard InChI is InChI=1S/C18H23ClN4O4/c1-18(2,3)27-17(25)23(8-7-20)11-12(10-21)16(24)22-13-5-6-15(26-4)14(19)9-13/h5-6,9,11H,7-8,20H2,1-4H3,(H,22,24)/b12-11-. The molecule has 1 aromatic carbocycles. The number of halogens is 1. The Morgan fingerprint density at radius 3 is 2.56 bits per heavy atom. The number of amides is 2. The van der Waals surface area contributed by atoms with Crippen molar-refractivity contribution in [2.45, 2.75) is 26.4 Å². The lowest BCUT2D eigenvalue weighted by molar-refractivity contribution is -0.112. The lowest BCUT2D eigenvalue weighted by atomic mass is 10.2. The number of nitrogens with zero attached hydrogens (tertiary/aromatic N) is 2. The first-order valence-electron chi connectivity index (χ1n) is 8.07. The molecule has 0 fully saturated rings. The number of hydrogen-bond acceptors (Lipinski definition) is 6. The second kappa shape index (κ2) is 9.80. The maximum absolute atomic E-state index is 12.4. The number of ether oxygens (including phenoxy) is 2. The molecule has 1 aromatic rings. The summed E-state index contributed by atoms with van der Waals surface area (Å²) in [7, 11) is 1.47. The van der Waals surface area contributed by atoms with Crippen LogP contribution in [0.3, 0.4) is 0 Å². The van der Waals surface area contributed by atoms with Gasteiger partial charge in [-0.1, -0.05) is 11.6 Å². The molecule has 1 rings (SSSR count). The zero-order valence-electron chi connectivity index (χ0n) is 15.7. The molecular formula is C18H23ClN4O4. The van der Waals surface area contributed by atoms with E-state index >= 15 is 0 Å². The van der Waals surface area contributed by atoms with Gasteiger partial charge in [-0.05, 0) is 39.0 Å². The van der Waals surface area contributed by atoms with Crippen molar-refractivity contribution in [3.8, 4) is 11.8 Å². The van der Waals surface area contributed by atoms with Gasteiger partial charge >= 0.3 is 6.09 Å². The van der Waals surface area contributed by atoms with Crippen molar-refractivity contribution in [3.63, 3.8) is 0 Å². The highest BCUT2D eigenvalue weighted by atomic mass is 35.5. The van der Waals surface area contributed by atoms with Gasteiger partial charge in [0.1, 0.15) is 23.0 Å². The first-order valence-corrected chi connectivity index (χ1v) is 8.45. The highest BCUT2D eigenvalue weighted by Crippen LogP contribution is 2.27. The maximum atomic E-state index is 12.4. The Hall–Kier alpha value is -2.76. The lowest BCUT2D eigenvalue weighted by Gasteiger charge is -2.25. The number of hydrogen-bond donors (Lipinski definition) is 2. The zero-order chi connectivity index (χ0) is 20.6. The van der Waals surface area contributed by atoms with Crippen LogP contribution in [-0.4, -0.2) is 42.7 Å². The van der Waals surface area contributed by atoms with E-state index in [2.05, 4.69) is 5.32 Å². The molecule has 0 saturated carbocycles. The highest BCUT2D eigenvalue weighted by molar-refractivity contribution is 6.32. The number of nitrogens with one attached hydrogen (secondary N) is 1. The predicted octanol–water partition coefficient (Wildman–Crippen LogP) is 2.89. The zero-order valence-corrected chi connectivity index (χ0v) is 16.5. The molecular weight excluding hydrogens is 372 g/mol. The topological polar surface area (TPSA) is 118 Å². The minimum Gasteiger partial charge on any atom is -0.495 e. The van der Waals surface area contributed by atoms with Crippen LogP contribution >= 0.6 is 11.6 Å². The molecule has 0 saturated heterocycles. The van der Waals surface area contributed by atoms with Gasteiger partial charge in [0, 0.05) is 25.0 Å². The van der Waals surface area contributed by atoms with Gasteiger partial charge in [-0.15, -0.1) is 0 Å². The number of nitriles is 1. The molecule has 0 atom stereocenters. The number of methoxy groups -OCH3 is 1. The fraction of sp³-hybridized carbons (Fsp3) is 0.389. The van der Waals surface area contributed by atoms with Gasteiger partial charge in [0.25, 0.3) is 5.91 Å². The van der Waals surface area contributed by atoms with Crippen LogP contribution in [0.5, 0.6) is 5.75 Å². The van der Waals surface area contributed by atoms with E-state index in [-0.39, 0.29) is 18.7 Å². The van der Waals surface area contributed by atoms with Crippen LogP contribution in [0.2, 0.25) is 5.02 Å². The monoisotopic (exact) mass is 394 g/mol. The van der Waals surface area contributed by atoms with Crippen LogP contribution in [0.25, 0.3) is 0 Å². The summed E-state index contributed by atoms with van der Waals surface area (Å²) in [6, 6.07) is 6.40. The van der Waals surface area contributed by atoms with E-state index < -0.39 is 17.6 Å². The van der Waals surface area contributed by atoms with E-state index in [0.29, 0.717) is 16.5 Å². The Kier molecular flexibility index (Phi) is 8.09. The predicted molar refractivity (Wildman–Crippen MR) is 102 cm³/mol. The van der Waals surface area contributed by atoms with E-state index in [9.17, 15) is 14.9 Å². The van der Waals surface area contributed by atoms with E-state index in [1.165, 1.54) is 13.2 Å². The number of benzene rings is 1. The third-order valence-electron chi connectivity index (χ3n) is 3.06. The summed E-state index contributed by atoms with van der Waals surface area (Å²) in [4.78, 5) is 25.7. The Balaban J connectivity index is 3.01. The Bertz CT molecular complexity index is 766. The van der Waals surface area contributed by atoms with Crippen LogP contribution in [0.15, 0.2) is 30.0 Å². The van der Waals surface area contributed by atoms with E-state index in [0.717, 1.165) is 11.1 Å². The number of carbonyl (C=O) groups is 2. The fourth-order valence-corrected chi connectivity index (χ4v) is 2.16. The molecule has 0 aliphatic rings. The molecule has 9 heteroatoms. The first-order chi connectivity index (χ1) is 12.6. The van der Waals surface area contributed by atoms with Crippen molar-refractivity contribution in [3.05, 3.63) is 35.0 Å². The quantitative estimate of drug-likeness (QED) is 0.565. The van der Waals surface area contributed by atoms with Crippen LogP contribution in [0.4, 0.5) is 10.5 Å². The van der Waals surface area contributed by atoms with Gasteiger partial charge in [0.05, 0.1) is 12.1 Å². The summed E-state index contributed by atoms with van der Waals surface area (Å²) >= 11 is 6.02. The highest BCUT2D eigenvalue weighted by Gasteiger charge is 2.22. The Morgan fingerprint density at radius 2 is 2.07 bits per heavy atom. The summed E-state index contributed by atoms with van der Waals surface area (Å²) in [5, 5.41) is 12.1. The van der Waals surface area contributed by atoms with Crippen molar-refractivity contribution in [2.75, 3.05) is 25.5 Å². The molecule has 8 nitrogen and oxygen atoms in total. The molecule has 2 amide bonds. The summed E-state index contributed by atoms with van der Waals surface area (Å²) < 4.78 is 10.3.